The monoisotopic (exact) mass is 520 g/mol. The number of rotatable bonds is 3. The zero-order valence-corrected chi connectivity index (χ0v) is 18.3. The molecule has 0 aliphatic carbocycles. The molecule has 2 aromatic rings. The number of aromatic hydroxyl groups is 1. The molecular formula is C20H24F3IN4O. The first kappa shape index (κ1) is 23.1. The Labute approximate surface area is 185 Å². The molecule has 1 heterocycles. The van der Waals surface area contributed by atoms with Gasteiger partial charge in [-0.15, -0.1) is 24.0 Å². The van der Waals surface area contributed by atoms with E-state index in [9.17, 15) is 18.3 Å². The van der Waals surface area contributed by atoms with Crippen LogP contribution in [0.2, 0.25) is 0 Å². The Hall–Kier alpha value is -2.17. The summed E-state index contributed by atoms with van der Waals surface area (Å²) in [5.41, 5.74) is 0.691. The summed E-state index contributed by atoms with van der Waals surface area (Å²) >= 11 is 0. The molecule has 1 aliphatic heterocycles. The van der Waals surface area contributed by atoms with Crippen LogP contribution in [0.4, 0.5) is 18.9 Å². The van der Waals surface area contributed by atoms with Crippen molar-refractivity contribution >= 4 is 35.6 Å². The van der Waals surface area contributed by atoms with Gasteiger partial charge in [0.25, 0.3) is 0 Å². The lowest BCUT2D eigenvalue weighted by atomic mass is 10.1. The van der Waals surface area contributed by atoms with Crippen LogP contribution in [-0.2, 0) is 12.7 Å². The van der Waals surface area contributed by atoms with E-state index >= 15 is 0 Å². The number of piperazine rings is 1. The van der Waals surface area contributed by atoms with E-state index in [0.29, 0.717) is 37.7 Å². The average Bonchev–Trinajstić information content (AvgIpc) is 2.69. The maximum absolute atomic E-state index is 12.9. The molecule has 0 aromatic heterocycles. The number of guanidine groups is 1. The first-order valence-corrected chi connectivity index (χ1v) is 9.03. The molecular weight excluding hydrogens is 496 g/mol. The number of phenolic OH excluding ortho intramolecular Hbond substituents is 1. The van der Waals surface area contributed by atoms with Crippen LogP contribution in [0.15, 0.2) is 53.5 Å². The van der Waals surface area contributed by atoms with Gasteiger partial charge in [0.05, 0.1) is 11.3 Å². The van der Waals surface area contributed by atoms with Crippen molar-refractivity contribution in [1.82, 2.24) is 10.2 Å². The van der Waals surface area contributed by atoms with Crippen LogP contribution in [0.3, 0.4) is 0 Å². The standard InChI is InChI=1S/C20H23F3N4O.HI/c1-24-19(25-14-15-5-4-6-16(13-15)20(21,22)23)27-11-9-26(10-12-27)17-7-2-3-8-18(17)28;/h2-8,13,28H,9-12,14H2,1H3,(H,24,25);1H. The molecule has 1 aliphatic rings. The highest BCUT2D eigenvalue weighted by molar-refractivity contribution is 14.0. The molecule has 1 saturated heterocycles. The highest BCUT2D eigenvalue weighted by Crippen LogP contribution is 2.29. The van der Waals surface area contributed by atoms with Crippen molar-refractivity contribution in [2.24, 2.45) is 4.99 Å². The first-order chi connectivity index (χ1) is 13.4. The van der Waals surface area contributed by atoms with Gasteiger partial charge in [0, 0.05) is 39.8 Å². The number of hydrogen-bond donors (Lipinski definition) is 2. The Balaban J connectivity index is 0.00000300. The minimum absolute atomic E-state index is 0. The molecule has 0 spiro atoms. The van der Waals surface area contributed by atoms with E-state index < -0.39 is 11.7 Å². The average molecular weight is 520 g/mol. The number of halogens is 4. The van der Waals surface area contributed by atoms with E-state index in [1.165, 1.54) is 6.07 Å². The molecule has 9 heteroatoms. The molecule has 0 radical (unpaired) electrons. The van der Waals surface area contributed by atoms with Crippen LogP contribution >= 0.6 is 24.0 Å². The lowest BCUT2D eigenvalue weighted by Gasteiger charge is -2.37. The number of benzene rings is 2. The van der Waals surface area contributed by atoms with Crippen molar-refractivity contribution < 1.29 is 18.3 Å². The van der Waals surface area contributed by atoms with Gasteiger partial charge in [-0.2, -0.15) is 13.2 Å². The third-order valence-corrected chi connectivity index (χ3v) is 4.72. The second-order valence-corrected chi connectivity index (χ2v) is 6.56. The lowest BCUT2D eigenvalue weighted by molar-refractivity contribution is -0.137. The summed E-state index contributed by atoms with van der Waals surface area (Å²) in [6.45, 7) is 3.06. The van der Waals surface area contributed by atoms with E-state index in [2.05, 4.69) is 20.1 Å². The molecule has 3 rings (SSSR count). The van der Waals surface area contributed by atoms with Crippen LogP contribution in [0.25, 0.3) is 0 Å². The Morgan fingerprint density at radius 2 is 1.76 bits per heavy atom. The SMILES string of the molecule is CN=C(NCc1cccc(C(F)(F)F)c1)N1CCN(c2ccccc2O)CC1.I. The van der Waals surface area contributed by atoms with Gasteiger partial charge in [-0.25, -0.2) is 0 Å². The van der Waals surface area contributed by atoms with Gasteiger partial charge in [0.1, 0.15) is 5.75 Å². The zero-order valence-electron chi connectivity index (χ0n) is 16.0. The van der Waals surface area contributed by atoms with E-state index in [0.717, 1.165) is 17.8 Å². The van der Waals surface area contributed by atoms with Gasteiger partial charge in [-0.1, -0.05) is 24.3 Å². The second-order valence-electron chi connectivity index (χ2n) is 6.56. The van der Waals surface area contributed by atoms with E-state index in [-0.39, 0.29) is 36.3 Å². The van der Waals surface area contributed by atoms with Gasteiger partial charge in [0.15, 0.2) is 5.96 Å². The normalized spacial score (nSPS) is 15.1. The summed E-state index contributed by atoms with van der Waals surface area (Å²) in [5.74, 6) is 0.900. The largest absolute Gasteiger partial charge is 0.506 e. The Bertz CT molecular complexity index is 836. The molecule has 1 fully saturated rings. The molecule has 0 amide bonds. The number of aliphatic imine (C=N–C) groups is 1. The Morgan fingerprint density at radius 3 is 2.38 bits per heavy atom. The van der Waals surface area contributed by atoms with E-state index in [4.69, 9.17) is 0 Å². The minimum Gasteiger partial charge on any atom is -0.506 e. The second kappa shape index (κ2) is 10.0. The molecule has 0 saturated carbocycles. The van der Waals surface area contributed by atoms with Gasteiger partial charge in [-0.3, -0.25) is 4.99 Å². The topological polar surface area (TPSA) is 51.1 Å². The van der Waals surface area contributed by atoms with E-state index in [1.54, 1.807) is 25.2 Å². The maximum atomic E-state index is 12.9. The third kappa shape index (κ3) is 5.91. The van der Waals surface area contributed by atoms with Crippen LogP contribution in [-0.4, -0.2) is 49.2 Å². The fraction of sp³-hybridized carbons (Fsp3) is 0.350. The van der Waals surface area contributed by atoms with Crippen molar-refractivity contribution in [3.8, 4) is 5.75 Å². The van der Waals surface area contributed by atoms with Gasteiger partial charge in [0.2, 0.25) is 0 Å². The van der Waals surface area contributed by atoms with Crippen molar-refractivity contribution in [2.75, 3.05) is 38.1 Å². The minimum atomic E-state index is -4.35. The van der Waals surface area contributed by atoms with Crippen LogP contribution in [0.5, 0.6) is 5.75 Å². The number of anilines is 1. The van der Waals surface area contributed by atoms with Crippen LogP contribution in [0, 0.1) is 0 Å². The lowest BCUT2D eigenvalue weighted by Crippen LogP contribution is -2.52. The summed E-state index contributed by atoms with van der Waals surface area (Å²) in [6, 6.07) is 12.5. The van der Waals surface area contributed by atoms with Crippen molar-refractivity contribution in [1.29, 1.82) is 0 Å². The number of hydrogen-bond acceptors (Lipinski definition) is 3. The fourth-order valence-electron chi connectivity index (χ4n) is 3.26. The number of nitrogens with one attached hydrogen (secondary N) is 1. The smallest absolute Gasteiger partial charge is 0.416 e. The zero-order chi connectivity index (χ0) is 20.1. The summed E-state index contributed by atoms with van der Waals surface area (Å²) < 4.78 is 38.6. The highest BCUT2D eigenvalue weighted by atomic mass is 127. The number of nitrogens with zero attached hydrogens (tertiary/aromatic N) is 3. The molecule has 2 N–H and O–H groups in total. The maximum Gasteiger partial charge on any atom is 0.416 e. The molecule has 158 valence electrons. The molecule has 0 bridgehead atoms. The predicted molar refractivity (Wildman–Crippen MR) is 119 cm³/mol. The summed E-state index contributed by atoms with van der Waals surface area (Å²) in [5, 5.41) is 13.1. The first-order valence-electron chi connectivity index (χ1n) is 9.03. The van der Waals surface area contributed by atoms with Gasteiger partial charge >= 0.3 is 6.18 Å². The Kier molecular flexibility index (Phi) is 8.00. The van der Waals surface area contributed by atoms with Crippen LogP contribution in [0.1, 0.15) is 11.1 Å². The number of alkyl halides is 3. The molecule has 2 aromatic carbocycles. The van der Waals surface area contributed by atoms with Crippen molar-refractivity contribution in [3.63, 3.8) is 0 Å². The van der Waals surface area contributed by atoms with Crippen molar-refractivity contribution in [3.05, 3.63) is 59.7 Å². The van der Waals surface area contributed by atoms with Gasteiger partial charge < -0.3 is 20.2 Å². The third-order valence-electron chi connectivity index (χ3n) is 4.72. The number of para-hydroxylation sites is 2. The quantitative estimate of drug-likeness (QED) is 0.366. The summed E-state index contributed by atoms with van der Waals surface area (Å²) in [4.78, 5) is 8.42. The molecule has 0 atom stereocenters. The molecule has 29 heavy (non-hydrogen) atoms. The van der Waals surface area contributed by atoms with Crippen molar-refractivity contribution in [2.45, 2.75) is 12.7 Å². The highest BCUT2D eigenvalue weighted by Gasteiger charge is 2.30. The predicted octanol–water partition coefficient (Wildman–Crippen LogP) is 3.93. The molecule has 0 unspecified atom stereocenters. The van der Waals surface area contributed by atoms with Crippen LogP contribution < -0.4 is 10.2 Å². The Morgan fingerprint density at radius 1 is 1.07 bits per heavy atom. The summed E-state index contributed by atoms with van der Waals surface area (Å²) in [7, 11) is 1.66. The molecule has 5 nitrogen and oxygen atoms in total. The van der Waals surface area contributed by atoms with E-state index in [1.807, 2.05) is 12.1 Å². The summed E-state index contributed by atoms with van der Waals surface area (Å²) in [6.07, 6.45) is -4.35. The van der Waals surface area contributed by atoms with Gasteiger partial charge in [-0.05, 0) is 29.8 Å². The number of phenols is 1. The fourth-order valence-corrected chi connectivity index (χ4v) is 3.26.